The van der Waals surface area contributed by atoms with Crippen LogP contribution in [-0.4, -0.2) is 16.1 Å². The van der Waals surface area contributed by atoms with Crippen molar-refractivity contribution in [2.75, 3.05) is 0 Å². The maximum atomic E-state index is 13.6. The van der Waals surface area contributed by atoms with E-state index < -0.39 is 11.8 Å². The van der Waals surface area contributed by atoms with Crippen LogP contribution >= 0.6 is 0 Å². The van der Waals surface area contributed by atoms with Crippen LogP contribution < -0.4 is 5.32 Å². The summed E-state index contributed by atoms with van der Waals surface area (Å²) in [4.78, 5) is 15.1. The molecule has 0 radical (unpaired) electrons. The van der Waals surface area contributed by atoms with Gasteiger partial charge in [0.15, 0.2) is 0 Å². The van der Waals surface area contributed by atoms with Crippen molar-refractivity contribution >= 4 is 5.97 Å². The van der Waals surface area contributed by atoms with Gasteiger partial charge in [0.25, 0.3) is 0 Å². The van der Waals surface area contributed by atoms with Crippen molar-refractivity contribution in [3.8, 4) is 0 Å². The molecular formula is C15H15FN2O2. The van der Waals surface area contributed by atoms with E-state index in [9.17, 15) is 9.18 Å². The first-order valence-electron chi connectivity index (χ1n) is 6.24. The van der Waals surface area contributed by atoms with Crippen LogP contribution in [0.15, 0.2) is 42.6 Å². The fraction of sp³-hybridized carbons (Fsp3) is 0.200. The van der Waals surface area contributed by atoms with Crippen molar-refractivity contribution in [1.29, 1.82) is 0 Å². The Morgan fingerprint density at radius 2 is 2.20 bits per heavy atom. The third kappa shape index (κ3) is 3.39. The van der Waals surface area contributed by atoms with Crippen LogP contribution in [0.25, 0.3) is 0 Å². The van der Waals surface area contributed by atoms with Gasteiger partial charge in [0.05, 0.1) is 11.3 Å². The normalized spacial score (nSPS) is 12.1. The largest absolute Gasteiger partial charge is 0.478 e. The molecule has 0 aliphatic rings. The van der Waals surface area contributed by atoms with Crippen LogP contribution in [0.4, 0.5) is 4.39 Å². The summed E-state index contributed by atoms with van der Waals surface area (Å²) in [5, 5.41) is 12.0. The van der Waals surface area contributed by atoms with Crippen LogP contribution in [0, 0.1) is 5.82 Å². The molecule has 2 rings (SSSR count). The van der Waals surface area contributed by atoms with Gasteiger partial charge in [-0.1, -0.05) is 6.07 Å². The van der Waals surface area contributed by atoms with Crippen LogP contribution in [0.2, 0.25) is 0 Å². The fourth-order valence-electron chi connectivity index (χ4n) is 1.84. The van der Waals surface area contributed by atoms with E-state index in [-0.39, 0.29) is 18.2 Å². The molecule has 5 heteroatoms. The first kappa shape index (κ1) is 14.1. The molecule has 1 heterocycles. The van der Waals surface area contributed by atoms with E-state index in [1.807, 2.05) is 25.1 Å². The molecule has 2 aromatic rings. The molecule has 1 unspecified atom stereocenters. The molecule has 0 aliphatic carbocycles. The van der Waals surface area contributed by atoms with Gasteiger partial charge < -0.3 is 10.4 Å². The van der Waals surface area contributed by atoms with E-state index in [1.54, 1.807) is 6.20 Å². The summed E-state index contributed by atoms with van der Waals surface area (Å²) in [7, 11) is 0. The van der Waals surface area contributed by atoms with Crippen molar-refractivity contribution in [2.45, 2.75) is 19.5 Å². The highest BCUT2D eigenvalue weighted by Crippen LogP contribution is 2.13. The number of nitrogens with one attached hydrogen (secondary N) is 1. The van der Waals surface area contributed by atoms with Gasteiger partial charge in [-0.3, -0.25) is 4.98 Å². The fourth-order valence-corrected chi connectivity index (χ4v) is 1.84. The second-order valence-electron chi connectivity index (χ2n) is 4.47. The average molecular weight is 274 g/mol. The Hall–Kier alpha value is -2.27. The highest BCUT2D eigenvalue weighted by molar-refractivity contribution is 5.87. The maximum Gasteiger partial charge on any atom is 0.335 e. The summed E-state index contributed by atoms with van der Waals surface area (Å²) >= 11 is 0. The monoisotopic (exact) mass is 274 g/mol. The van der Waals surface area contributed by atoms with E-state index in [0.29, 0.717) is 5.56 Å². The van der Waals surface area contributed by atoms with Gasteiger partial charge in [-0.05, 0) is 37.3 Å². The van der Waals surface area contributed by atoms with Gasteiger partial charge in [0.1, 0.15) is 5.82 Å². The molecule has 0 saturated carbocycles. The minimum Gasteiger partial charge on any atom is -0.478 e. The Morgan fingerprint density at radius 3 is 2.85 bits per heavy atom. The lowest BCUT2D eigenvalue weighted by Crippen LogP contribution is -2.20. The second-order valence-corrected chi connectivity index (χ2v) is 4.47. The van der Waals surface area contributed by atoms with E-state index in [2.05, 4.69) is 10.3 Å². The van der Waals surface area contributed by atoms with Gasteiger partial charge in [-0.25, -0.2) is 9.18 Å². The molecule has 1 aromatic carbocycles. The van der Waals surface area contributed by atoms with Crippen molar-refractivity contribution in [3.05, 3.63) is 65.2 Å². The Kier molecular flexibility index (Phi) is 4.42. The van der Waals surface area contributed by atoms with Crippen molar-refractivity contribution in [1.82, 2.24) is 10.3 Å². The van der Waals surface area contributed by atoms with E-state index in [4.69, 9.17) is 5.11 Å². The zero-order valence-corrected chi connectivity index (χ0v) is 11.0. The molecule has 4 nitrogen and oxygen atoms in total. The number of aromatic nitrogens is 1. The first-order valence-corrected chi connectivity index (χ1v) is 6.24. The third-order valence-electron chi connectivity index (χ3n) is 3.02. The number of carboxylic acid groups (broad SMARTS) is 1. The molecule has 2 N–H and O–H groups in total. The molecule has 0 saturated heterocycles. The lowest BCUT2D eigenvalue weighted by Gasteiger charge is -2.13. The summed E-state index contributed by atoms with van der Waals surface area (Å²) in [6.07, 6.45) is 1.69. The molecule has 1 aromatic heterocycles. The van der Waals surface area contributed by atoms with Gasteiger partial charge >= 0.3 is 5.97 Å². The Morgan fingerprint density at radius 1 is 1.40 bits per heavy atom. The van der Waals surface area contributed by atoms with Crippen LogP contribution in [0.5, 0.6) is 0 Å². The molecule has 0 bridgehead atoms. The van der Waals surface area contributed by atoms with E-state index >= 15 is 0 Å². The summed E-state index contributed by atoms with van der Waals surface area (Å²) < 4.78 is 13.6. The average Bonchev–Trinajstić information content (AvgIpc) is 2.46. The number of hydrogen-bond acceptors (Lipinski definition) is 3. The molecule has 104 valence electrons. The summed E-state index contributed by atoms with van der Waals surface area (Å²) in [6.45, 7) is 2.16. The van der Waals surface area contributed by atoms with Crippen LogP contribution in [0.1, 0.15) is 34.6 Å². The van der Waals surface area contributed by atoms with Gasteiger partial charge in [0, 0.05) is 24.3 Å². The van der Waals surface area contributed by atoms with Crippen LogP contribution in [-0.2, 0) is 6.54 Å². The summed E-state index contributed by atoms with van der Waals surface area (Å²) in [5.41, 5.74) is 1.25. The number of rotatable bonds is 5. The quantitative estimate of drug-likeness (QED) is 0.880. The lowest BCUT2D eigenvalue weighted by atomic mass is 10.1. The molecule has 0 aliphatic heterocycles. The Labute approximate surface area is 116 Å². The first-order chi connectivity index (χ1) is 9.58. The standard InChI is InChI=1S/C15H15FN2O2/c1-10(14-4-2-3-7-17-14)18-9-12-8-11(15(19)20)5-6-13(12)16/h2-8,10,18H,9H2,1H3,(H,19,20). The number of halogens is 1. The SMILES string of the molecule is CC(NCc1cc(C(=O)O)ccc1F)c1ccccn1. The number of aromatic carboxylic acids is 1. The van der Waals surface area contributed by atoms with Gasteiger partial charge in [0.2, 0.25) is 0 Å². The Bertz CT molecular complexity index is 602. The van der Waals surface area contributed by atoms with E-state index in [0.717, 1.165) is 5.69 Å². The number of benzene rings is 1. The minimum absolute atomic E-state index is 0.0518. The van der Waals surface area contributed by atoms with Crippen molar-refractivity contribution in [3.63, 3.8) is 0 Å². The number of carboxylic acids is 1. The predicted molar refractivity (Wildman–Crippen MR) is 72.9 cm³/mol. The van der Waals surface area contributed by atoms with Crippen molar-refractivity contribution in [2.24, 2.45) is 0 Å². The molecule has 1 atom stereocenters. The minimum atomic E-state index is -1.07. The summed E-state index contributed by atoms with van der Waals surface area (Å²) in [5.74, 6) is -1.49. The topological polar surface area (TPSA) is 62.2 Å². The zero-order chi connectivity index (χ0) is 14.5. The smallest absolute Gasteiger partial charge is 0.335 e. The van der Waals surface area contributed by atoms with Crippen molar-refractivity contribution < 1.29 is 14.3 Å². The second kappa shape index (κ2) is 6.25. The molecule has 0 amide bonds. The van der Waals surface area contributed by atoms with Gasteiger partial charge in [-0.2, -0.15) is 0 Å². The number of carbonyl (C=O) groups is 1. The summed E-state index contributed by atoms with van der Waals surface area (Å²) in [6, 6.07) is 9.30. The van der Waals surface area contributed by atoms with Gasteiger partial charge in [-0.15, -0.1) is 0 Å². The molecule has 20 heavy (non-hydrogen) atoms. The lowest BCUT2D eigenvalue weighted by molar-refractivity contribution is 0.0696. The highest BCUT2D eigenvalue weighted by atomic mass is 19.1. The number of pyridine rings is 1. The zero-order valence-electron chi connectivity index (χ0n) is 11.0. The number of nitrogens with zero attached hydrogens (tertiary/aromatic N) is 1. The molecular weight excluding hydrogens is 259 g/mol. The molecule has 0 fully saturated rings. The number of hydrogen-bond donors (Lipinski definition) is 2. The predicted octanol–water partition coefficient (Wildman–Crippen LogP) is 2.77. The maximum absolute atomic E-state index is 13.6. The van der Waals surface area contributed by atoms with Crippen LogP contribution in [0.3, 0.4) is 0 Å². The Balaban J connectivity index is 2.07. The highest BCUT2D eigenvalue weighted by Gasteiger charge is 2.10. The molecule has 0 spiro atoms. The third-order valence-corrected chi connectivity index (χ3v) is 3.02. The van der Waals surface area contributed by atoms with E-state index in [1.165, 1.54) is 18.2 Å².